The lowest BCUT2D eigenvalue weighted by molar-refractivity contribution is 0.143. The third-order valence-electron chi connectivity index (χ3n) is 3.39. The Morgan fingerprint density at radius 3 is 2.62 bits per heavy atom. The van der Waals surface area contributed by atoms with Crippen LogP contribution in [0.3, 0.4) is 0 Å². The van der Waals surface area contributed by atoms with E-state index in [2.05, 4.69) is 36.5 Å². The minimum absolute atomic E-state index is 0.778. The predicted octanol–water partition coefficient (Wildman–Crippen LogP) is 4.16. The van der Waals surface area contributed by atoms with Crippen molar-refractivity contribution in [3.63, 3.8) is 0 Å². The molecule has 3 nitrogen and oxygen atoms in total. The minimum Gasteiger partial charge on any atom is -0.460 e. The van der Waals surface area contributed by atoms with Crippen molar-refractivity contribution < 1.29 is 9.15 Å². The van der Waals surface area contributed by atoms with E-state index in [1.54, 1.807) is 0 Å². The number of aryl methyl sites for hydroxylation is 1. The van der Waals surface area contributed by atoms with Crippen LogP contribution in [0.1, 0.15) is 31.1 Å². The van der Waals surface area contributed by atoms with Gasteiger partial charge in [-0.15, -0.1) is 0 Å². The molecule has 0 amide bonds. The number of ether oxygens (including phenoxy) is 1. The number of nitrogens with one attached hydrogen (secondary N) is 1. The number of furan rings is 1. The zero-order valence-corrected chi connectivity index (χ0v) is 13.0. The molecule has 0 aliphatic heterocycles. The monoisotopic (exact) mass is 287 g/mol. The Labute approximate surface area is 127 Å². The van der Waals surface area contributed by atoms with E-state index < -0.39 is 0 Å². The molecule has 0 saturated carbocycles. The molecule has 0 saturated heterocycles. The molecule has 1 N–H and O–H groups in total. The second-order valence-electron chi connectivity index (χ2n) is 5.21. The van der Waals surface area contributed by atoms with Gasteiger partial charge in [-0.2, -0.15) is 0 Å². The van der Waals surface area contributed by atoms with Gasteiger partial charge in [0.15, 0.2) is 0 Å². The Balaban J connectivity index is 1.72. The van der Waals surface area contributed by atoms with Gasteiger partial charge in [0, 0.05) is 18.8 Å². The average Bonchev–Trinajstić information content (AvgIpc) is 2.96. The largest absolute Gasteiger partial charge is 0.460 e. The summed E-state index contributed by atoms with van der Waals surface area (Å²) in [5.74, 6) is 1.92. The normalized spacial score (nSPS) is 11.0. The van der Waals surface area contributed by atoms with Gasteiger partial charge in [0.2, 0.25) is 0 Å². The molecule has 21 heavy (non-hydrogen) atoms. The van der Waals surface area contributed by atoms with Crippen LogP contribution in [0.4, 0.5) is 0 Å². The second-order valence-corrected chi connectivity index (χ2v) is 5.21. The Bertz CT molecular complexity index is 516. The van der Waals surface area contributed by atoms with Gasteiger partial charge in [-0.1, -0.05) is 29.8 Å². The van der Waals surface area contributed by atoms with Gasteiger partial charge in [0.25, 0.3) is 0 Å². The van der Waals surface area contributed by atoms with E-state index in [1.165, 1.54) is 5.56 Å². The van der Waals surface area contributed by atoms with Gasteiger partial charge >= 0.3 is 0 Å². The number of rotatable bonds is 9. The van der Waals surface area contributed by atoms with E-state index in [0.717, 1.165) is 56.2 Å². The maximum absolute atomic E-state index is 5.87. The highest BCUT2D eigenvalue weighted by Gasteiger charge is 2.04. The summed E-state index contributed by atoms with van der Waals surface area (Å²) < 4.78 is 11.2. The lowest BCUT2D eigenvalue weighted by Crippen LogP contribution is -2.14. The highest BCUT2D eigenvalue weighted by molar-refractivity contribution is 5.57. The van der Waals surface area contributed by atoms with Gasteiger partial charge in [-0.3, -0.25) is 0 Å². The third-order valence-corrected chi connectivity index (χ3v) is 3.39. The molecule has 1 aromatic carbocycles. The van der Waals surface area contributed by atoms with Crippen LogP contribution in [0, 0.1) is 6.92 Å². The Morgan fingerprint density at radius 1 is 1.05 bits per heavy atom. The number of hydrogen-bond acceptors (Lipinski definition) is 3. The number of unbranched alkanes of at least 4 members (excludes halogenated alkanes) is 1. The Kier molecular flexibility index (Phi) is 6.51. The molecular formula is C18H25NO2. The summed E-state index contributed by atoms with van der Waals surface area (Å²) in [6, 6.07) is 12.5. The molecule has 0 atom stereocenters. The van der Waals surface area contributed by atoms with Crippen molar-refractivity contribution >= 4 is 0 Å². The van der Waals surface area contributed by atoms with Gasteiger partial charge in [-0.05, 0) is 45.4 Å². The molecule has 1 aromatic heterocycles. The standard InChI is InChI=1S/C18H25NO2/c1-3-20-13-5-4-12-19-14-17-10-11-18(21-17)16-8-6-15(2)7-9-16/h6-11,19H,3-5,12-14H2,1-2H3. The minimum atomic E-state index is 0.778. The predicted molar refractivity (Wildman–Crippen MR) is 86.3 cm³/mol. The van der Waals surface area contributed by atoms with E-state index in [9.17, 15) is 0 Å². The molecule has 2 aromatic rings. The van der Waals surface area contributed by atoms with Crippen LogP contribution in [0.15, 0.2) is 40.8 Å². The molecule has 0 bridgehead atoms. The molecular weight excluding hydrogens is 262 g/mol. The first-order valence-electron chi connectivity index (χ1n) is 7.74. The van der Waals surface area contributed by atoms with Gasteiger partial charge < -0.3 is 14.5 Å². The molecule has 0 fully saturated rings. The van der Waals surface area contributed by atoms with Crippen LogP contribution in [0.5, 0.6) is 0 Å². The van der Waals surface area contributed by atoms with E-state index in [4.69, 9.17) is 9.15 Å². The summed E-state index contributed by atoms with van der Waals surface area (Å²) in [5, 5.41) is 3.40. The summed E-state index contributed by atoms with van der Waals surface area (Å²) in [4.78, 5) is 0. The summed E-state index contributed by atoms with van der Waals surface area (Å²) in [6.07, 6.45) is 2.24. The van der Waals surface area contributed by atoms with Crippen LogP contribution in [-0.4, -0.2) is 19.8 Å². The fourth-order valence-corrected chi connectivity index (χ4v) is 2.16. The zero-order chi connectivity index (χ0) is 14.9. The fraction of sp³-hybridized carbons (Fsp3) is 0.444. The first kappa shape index (κ1) is 15.8. The lowest BCUT2D eigenvalue weighted by atomic mass is 10.1. The molecule has 0 spiro atoms. The first-order valence-corrected chi connectivity index (χ1v) is 7.74. The van der Waals surface area contributed by atoms with Crippen molar-refractivity contribution in [2.75, 3.05) is 19.8 Å². The molecule has 0 unspecified atom stereocenters. The molecule has 0 aliphatic carbocycles. The maximum Gasteiger partial charge on any atom is 0.134 e. The van der Waals surface area contributed by atoms with Crippen molar-refractivity contribution in [3.05, 3.63) is 47.7 Å². The van der Waals surface area contributed by atoms with Crippen molar-refractivity contribution in [1.29, 1.82) is 0 Å². The molecule has 0 radical (unpaired) electrons. The Morgan fingerprint density at radius 2 is 1.86 bits per heavy atom. The quantitative estimate of drug-likeness (QED) is 0.703. The highest BCUT2D eigenvalue weighted by Crippen LogP contribution is 2.22. The van der Waals surface area contributed by atoms with Crippen molar-refractivity contribution in [2.45, 2.75) is 33.2 Å². The van der Waals surface area contributed by atoms with Gasteiger partial charge in [-0.25, -0.2) is 0 Å². The number of benzene rings is 1. The average molecular weight is 287 g/mol. The van der Waals surface area contributed by atoms with E-state index in [1.807, 2.05) is 19.1 Å². The molecule has 114 valence electrons. The van der Waals surface area contributed by atoms with E-state index in [0.29, 0.717) is 0 Å². The van der Waals surface area contributed by atoms with E-state index >= 15 is 0 Å². The number of hydrogen-bond donors (Lipinski definition) is 1. The smallest absolute Gasteiger partial charge is 0.134 e. The first-order chi connectivity index (χ1) is 10.3. The van der Waals surface area contributed by atoms with Crippen molar-refractivity contribution in [1.82, 2.24) is 5.32 Å². The fourth-order valence-electron chi connectivity index (χ4n) is 2.16. The van der Waals surface area contributed by atoms with Crippen molar-refractivity contribution in [2.24, 2.45) is 0 Å². The summed E-state index contributed by atoms with van der Waals surface area (Å²) in [7, 11) is 0. The van der Waals surface area contributed by atoms with Crippen LogP contribution in [0.2, 0.25) is 0 Å². The molecule has 1 heterocycles. The Hall–Kier alpha value is -1.58. The summed E-state index contributed by atoms with van der Waals surface area (Å²) in [6.45, 7) is 7.56. The van der Waals surface area contributed by atoms with Gasteiger partial charge in [0.05, 0.1) is 6.54 Å². The topological polar surface area (TPSA) is 34.4 Å². The SMILES string of the molecule is CCOCCCCNCc1ccc(-c2ccc(C)cc2)o1. The lowest BCUT2D eigenvalue weighted by Gasteiger charge is -2.03. The van der Waals surface area contributed by atoms with Crippen LogP contribution in [-0.2, 0) is 11.3 Å². The molecule has 0 aliphatic rings. The van der Waals surface area contributed by atoms with Gasteiger partial charge in [0.1, 0.15) is 11.5 Å². The highest BCUT2D eigenvalue weighted by atomic mass is 16.5. The summed E-state index contributed by atoms with van der Waals surface area (Å²) >= 11 is 0. The van der Waals surface area contributed by atoms with Crippen LogP contribution in [0.25, 0.3) is 11.3 Å². The molecule has 3 heteroatoms. The zero-order valence-electron chi connectivity index (χ0n) is 13.0. The molecule has 2 rings (SSSR count). The summed E-state index contributed by atoms with van der Waals surface area (Å²) in [5.41, 5.74) is 2.39. The third kappa shape index (κ3) is 5.37. The maximum atomic E-state index is 5.87. The van der Waals surface area contributed by atoms with Crippen LogP contribution < -0.4 is 5.32 Å². The second kappa shape index (κ2) is 8.65. The van der Waals surface area contributed by atoms with Crippen LogP contribution >= 0.6 is 0 Å². The van der Waals surface area contributed by atoms with Crippen molar-refractivity contribution in [3.8, 4) is 11.3 Å². The van der Waals surface area contributed by atoms with E-state index in [-0.39, 0.29) is 0 Å².